The van der Waals surface area contributed by atoms with Crippen LogP contribution < -0.4 is 10.6 Å². The van der Waals surface area contributed by atoms with Crippen molar-refractivity contribution >= 4 is 11.4 Å². The van der Waals surface area contributed by atoms with Gasteiger partial charge in [-0.05, 0) is 35.7 Å². The fraction of sp³-hybridized carbons (Fsp3) is 0.200. The van der Waals surface area contributed by atoms with Gasteiger partial charge in [0.25, 0.3) is 0 Å². The van der Waals surface area contributed by atoms with E-state index in [9.17, 15) is 4.39 Å². The van der Waals surface area contributed by atoms with Crippen LogP contribution in [0.1, 0.15) is 11.1 Å². The number of nitrogen functional groups attached to an aromatic ring is 1. The highest BCUT2D eigenvalue weighted by atomic mass is 19.1. The number of halogens is 1. The number of fused-ring (bicyclic) bond motifs is 1. The van der Waals surface area contributed by atoms with Crippen LogP contribution in [0.4, 0.5) is 15.8 Å². The summed E-state index contributed by atoms with van der Waals surface area (Å²) in [6.07, 6.45) is 1.06. The summed E-state index contributed by atoms with van der Waals surface area (Å²) in [5.41, 5.74) is 9.28. The molecule has 1 heterocycles. The second kappa shape index (κ2) is 4.33. The van der Waals surface area contributed by atoms with Gasteiger partial charge in [-0.15, -0.1) is 0 Å². The molecule has 2 nitrogen and oxygen atoms in total. The fourth-order valence-electron chi connectivity index (χ4n) is 2.46. The summed E-state index contributed by atoms with van der Waals surface area (Å²) in [6.45, 7) is 1.72. The molecule has 3 heteroatoms. The minimum atomic E-state index is -0.333. The van der Waals surface area contributed by atoms with Crippen LogP contribution in [0.15, 0.2) is 42.5 Å². The normalized spacial score (nSPS) is 13.7. The Kier molecular flexibility index (Phi) is 2.67. The molecular formula is C15H15FN2. The van der Waals surface area contributed by atoms with Gasteiger partial charge in [-0.1, -0.05) is 24.3 Å². The van der Waals surface area contributed by atoms with Crippen LogP contribution in [0.2, 0.25) is 0 Å². The third-order valence-electron chi connectivity index (χ3n) is 3.42. The minimum absolute atomic E-state index is 0.209. The maximum atomic E-state index is 13.4. The number of para-hydroxylation sites is 1. The van der Waals surface area contributed by atoms with Crippen molar-refractivity contribution in [3.8, 4) is 0 Å². The number of rotatable bonds is 2. The van der Waals surface area contributed by atoms with E-state index in [0.29, 0.717) is 0 Å². The molecule has 0 saturated heterocycles. The van der Waals surface area contributed by atoms with E-state index < -0.39 is 0 Å². The van der Waals surface area contributed by atoms with Crippen LogP contribution in [0.25, 0.3) is 0 Å². The van der Waals surface area contributed by atoms with Crippen LogP contribution in [0.3, 0.4) is 0 Å². The maximum Gasteiger partial charge on any atom is 0.146 e. The fourth-order valence-corrected chi connectivity index (χ4v) is 2.46. The number of benzene rings is 2. The van der Waals surface area contributed by atoms with Gasteiger partial charge in [-0.25, -0.2) is 4.39 Å². The lowest BCUT2D eigenvalue weighted by molar-refractivity contribution is 0.629. The smallest absolute Gasteiger partial charge is 0.146 e. The Labute approximate surface area is 106 Å². The number of hydrogen-bond donors (Lipinski definition) is 1. The Balaban J connectivity index is 1.84. The number of nitrogens with two attached hydrogens (primary N) is 1. The van der Waals surface area contributed by atoms with Crippen molar-refractivity contribution in [2.45, 2.75) is 13.0 Å². The molecule has 2 aromatic rings. The average molecular weight is 242 g/mol. The lowest BCUT2D eigenvalue weighted by Crippen LogP contribution is -2.19. The van der Waals surface area contributed by atoms with E-state index in [1.54, 1.807) is 6.07 Å². The molecule has 0 unspecified atom stereocenters. The summed E-state index contributed by atoms with van der Waals surface area (Å²) in [4.78, 5) is 2.28. The van der Waals surface area contributed by atoms with E-state index in [1.165, 1.54) is 17.3 Å². The average Bonchev–Trinajstić information content (AvgIpc) is 2.78. The molecule has 0 radical (unpaired) electrons. The monoisotopic (exact) mass is 242 g/mol. The molecule has 0 atom stereocenters. The first-order valence-corrected chi connectivity index (χ1v) is 6.11. The molecule has 0 fully saturated rings. The zero-order valence-electron chi connectivity index (χ0n) is 10.1. The molecule has 0 amide bonds. The molecule has 0 aromatic heterocycles. The van der Waals surface area contributed by atoms with Gasteiger partial charge >= 0.3 is 0 Å². The SMILES string of the molecule is Nc1ccc(CN2CCc3ccccc32)cc1F. The zero-order valence-corrected chi connectivity index (χ0v) is 10.1. The standard InChI is InChI=1S/C15H15FN2/c16-13-9-11(5-6-14(13)17)10-18-8-7-12-3-1-2-4-15(12)18/h1-6,9H,7-8,10,17H2. The van der Waals surface area contributed by atoms with Crippen molar-refractivity contribution in [3.05, 3.63) is 59.4 Å². The van der Waals surface area contributed by atoms with Gasteiger partial charge < -0.3 is 10.6 Å². The number of anilines is 2. The second-order valence-corrected chi connectivity index (χ2v) is 4.66. The van der Waals surface area contributed by atoms with Crippen molar-refractivity contribution in [2.24, 2.45) is 0 Å². The molecule has 0 bridgehead atoms. The molecule has 0 saturated carbocycles. The summed E-state index contributed by atoms with van der Waals surface area (Å²) in [6, 6.07) is 13.4. The zero-order chi connectivity index (χ0) is 12.5. The summed E-state index contributed by atoms with van der Waals surface area (Å²) >= 11 is 0. The number of hydrogen-bond acceptors (Lipinski definition) is 2. The van der Waals surface area contributed by atoms with Gasteiger partial charge in [-0.3, -0.25) is 0 Å². The molecule has 0 aliphatic carbocycles. The van der Waals surface area contributed by atoms with Gasteiger partial charge in [-0.2, -0.15) is 0 Å². The Hall–Kier alpha value is -2.03. The Morgan fingerprint density at radius 3 is 2.83 bits per heavy atom. The van der Waals surface area contributed by atoms with E-state index in [4.69, 9.17) is 5.73 Å². The first kappa shape index (κ1) is 11.1. The van der Waals surface area contributed by atoms with Gasteiger partial charge in [0.2, 0.25) is 0 Å². The highest BCUT2D eigenvalue weighted by Gasteiger charge is 2.18. The molecular weight excluding hydrogens is 227 g/mol. The summed E-state index contributed by atoms with van der Waals surface area (Å²) in [5, 5.41) is 0. The Bertz CT molecular complexity index is 580. The first-order valence-electron chi connectivity index (χ1n) is 6.11. The van der Waals surface area contributed by atoms with Crippen molar-refractivity contribution in [2.75, 3.05) is 17.2 Å². The largest absolute Gasteiger partial charge is 0.396 e. The summed E-state index contributed by atoms with van der Waals surface area (Å²) in [5.74, 6) is -0.333. The summed E-state index contributed by atoms with van der Waals surface area (Å²) in [7, 11) is 0. The van der Waals surface area contributed by atoms with Crippen LogP contribution in [0, 0.1) is 5.82 Å². The van der Waals surface area contributed by atoms with Gasteiger partial charge in [0, 0.05) is 18.8 Å². The van der Waals surface area contributed by atoms with Crippen LogP contribution in [-0.4, -0.2) is 6.54 Å². The molecule has 1 aliphatic heterocycles. The van der Waals surface area contributed by atoms with E-state index in [0.717, 1.165) is 25.1 Å². The molecule has 2 N–H and O–H groups in total. The third kappa shape index (κ3) is 1.92. The Morgan fingerprint density at radius 1 is 1.17 bits per heavy atom. The molecule has 3 rings (SSSR count). The van der Waals surface area contributed by atoms with Crippen molar-refractivity contribution in [1.82, 2.24) is 0 Å². The predicted molar refractivity (Wildman–Crippen MR) is 72.0 cm³/mol. The van der Waals surface area contributed by atoms with E-state index in [1.807, 2.05) is 12.1 Å². The third-order valence-corrected chi connectivity index (χ3v) is 3.42. The highest BCUT2D eigenvalue weighted by Crippen LogP contribution is 2.29. The second-order valence-electron chi connectivity index (χ2n) is 4.66. The van der Waals surface area contributed by atoms with Crippen molar-refractivity contribution < 1.29 is 4.39 Å². The minimum Gasteiger partial charge on any atom is -0.396 e. The van der Waals surface area contributed by atoms with Gasteiger partial charge in [0.1, 0.15) is 5.82 Å². The molecule has 18 heavy (non-hydrogen) atoms. The van der Waals surface area contributed by atoms with E-state index in [2.05, 4.69) is 23.1 Å². The highest BCUT2D eigenvalue weighted by molar-refractivity contribution is 5.58. The van der Waals surface area contributed by atoms with Crippen LogP contribution in [0.5, 0.6) is 0 Å². The molecule has 1 aliphatic rings. The van der Waals surface area contributed by atoms with E-state index >= 15 is 0 Å². The molecule has 2 aromatic carbocycles. The van der Waals surface area contributed by atoms with Gasteiger partial charge in [0.15, 0.2) is 0 Å². The Morgan fingerprint density at radius 2 is 2.00 bits per heavy atom. The first-order chi connectivity index (χ1) is 8.74. The summed E-state index contributed by atoms with van der Waals surface area (Å²) < 4.78 is 13.4. The quantitative estimate of drug-likeness (QED) is 0.820. The van der Waals surface area contributed by atoms with Crippen LogP contribution >= 0.6 is 0 Å². The van der Waals surface area contributed by atoms with Crippen LogP contribution in [-0.2, 0) is 13.0 Å². The predicted octanol–water partition coefficient (Wildman–Crippen LogP) is 2.97. The molecule has 0 spiro atoms. The van der Waals surface area contributed by atoms with Crippen molar-refractivity contribution in [1.29, 1.82) is 0 Å². The number of nitrogens with zero attached hydrogens (tertiary/aromatic N) is 1. The van der Waals surface area contributed by atoms with E-state index in [-0.39, 0.29) is 11.5 Å². The van der Waals surface area contributed by atoms with Crippen molar-refractivity contribution in [3.63, 3.8) is 0 Å². The lowest BCUT2D eigenvalue weighted by atomic mass is 10.1. The molecule has 92 valence electrons. The van der Waals surface area contributed by atoms with Gasteiger partial charge in [0.05, 0.1) is 5.69 Å². The maximum absolute atomic E-state index is 13.4. The lowest BCUT2D eigenvalue weighted by Gasteiger charge is -2.19. The topological polar surface area (TPSA) is 29.3 Å².